The van der Waals surface area contributed by atoms with Crippen molar-refractivity contribution < 1.29 is 8.83 Å². The summed E-state index contributed by atoms with van der Waals surface area (Å²) in [5.41, 5.74) is 9.67. The van der Waals surface area contributed by atoms with Crippen molar-refractivity contribution in [1.82, 2.24) is 0 Å². The third kappa shape index (κ3) is 3.60. The Morgan fingerprint density at radius 3 is 1.86 bits per heavy atom. The van der Waals surface area contributed by atoms with Gasteiger partial charge in [-0.2, -0.15) is 10.5 Å². The number of furan rings is 2. The van der Waals surface area contributed by atoms with Gasteiger partial charge in [0.2, 0.25) is 0 Å². The van der Waals surface area contributed by atoms with Crippen LogP contribution in [0.25, 0.3) is 77.3 Å². The van der Waals surface area contributed by atoms with Crippen LogP contribution in [-0.4, -0.2) is 0 Å². The molecule has 8 aromatic rings. The lowest BCUT2D eigenvalue weighted by molar-refractivity contribution is 0.668. The molecule has 0 N–H and O–H groups in total. The van der Waals surface area contributed by atoms with Gasteiger partial charge in [-0.15, -0.1) is 0 Å². The summed E-state index contributed by atoms with van der Waals surface area (Å²) in [6.45, 7) is 0. The van der Waals surface area contributed by atoms with Crippen LogP contribution in [0.5, 0.6) is 0 Å². The van der Waals surface area contributed by atoms with Crippen LogP contribution < -0.4 is 0 Å². The third-order valence-corrected chi connectivity index (χ3v) is 7.98. The Bertz CT molecular complexity index is 2430. The van der Waals surface area contributed by atoms with Crippen molar-refractivity contribution in [3.8, 4) is 45.5 Å². The van der Waals surface area contributed by atoms with Gasteiger partial charge in [0.15, 0.2) is 0 Å². The molecule has 0 aliphatic carbocycles. The summed E-state index contributed by atoms with van der Waals surface area (Å²) in [5, 5.41) is 24.1. The summed E-state index contributed by atoms with van der Waals surface area (Å²) in [6, 6.07) is 44.5. The summed E-state index contributed by atoms with van der Waals surface area (Å²) < 4.78 is 12.4. The lowest BCUT2D eigenvalue weighted by Crippen LogP contribution is -1.93. The highest BCUT2D eigenvalue weighted by atomic mass is 16.3. The number of hydrogen-bond donors (Lipinski definition) is 0. The zero-order valence-electron chi connectivity index (χ0n) is 22.3. The lowest BCUT2D eigenvalue weighted by atomic mass is 9.87. The lowest BCUT2D eigenvalue weighted by Gasteiger charge is -2.15. The number of rotatable bonds is 3. The van der Waals surface area contributed by atoms with E-state index in [2.05, 4.69) is 54.6 Å². The highest BCUT2D eigenvalue weighted by molar-refractivity contribution is 6.13. The standard InChI is InChI=1S/C38H20N2O2/c39-21-23-12-14-24(15-13-23)26-18-31(25-16-17-28-27-6-1-3-9-34(27)42-37(28)20-25)33(22-40)32(19-26)29-8-5-11-36-38(29)30-7-2-4-10-35(30)41-36/h1-20H. The van der Waals surface area contributed by atoms with Crippen LogP contribution in [0.2, 0.25) is 0 Å². The summed E-state index contributed by atoms with van der Waals surface area (Å²) in [7, 11) is 0. The Morgan fingerprint density at radius 1 is 0.429 bits per heavy atom. The first-order valence-corrected chi connectivity index (χ1v) is 13.6. The second kappa shape index (κ2) is 9.24. The molecular formula is C38H20N2O2. The third-order valence-electron chi connectivity index (χ3n) is 7.98. The largest absolute Gasteiger partial charge is 0.456 e. The van der Waals surface area contributed by atoms with Gasteiger partial charge in [0, 0.05) is 32.7 Å². The summed E-state index contributed by atoms with van der Waals surface area (Å²) in [4.78, 5) is 0. The number of hydrogen-bond acceptors (Lipinski definition) is 4. The SMILES string of the molecule is N#Cc1ccc(-c2cc(-c3ccc4c(c3)oc3ccccc34)c(C#N)c(-c3cccc4oc5ccccc5c34)c2)cc1. The molecule has 0 amide bonds. The summed E-state index contributed by atoms with van der Waals surface area (Å²) >= 11 is 0. The van der Waals surface area contributed by atoms with Gasteiger partial charge in [-0.05, 0) is 76.9 Å². The quantitative estimate of drug-likeness (QED) is 0.225. The second-order valence-corrected chi connectivity index (χ2v) is 10.3. The van der Waals surface area contributed by atoms with E-state index in [0.29, 0.717) is 11.1 Å². The molecule has 2 aromatic heterocycles. The van der Waals surface area contributed by atoms with Gasteiger partial charge >= 0.3 is 0 Å². The minimum Gasteiger partial charge on any atom is -0.456 e. The van der Waals surface area contributed by atoms with E-state index in [4.69, 9.17) is 8.83 Å². The number of benzene rings is 6. The van der Waals surface area contributed by atoms with Crippen LogP contribution in [-0.2, 0) is 0 Å². The van der Waals surface area contributed by atoms with Crippen molar-refractivity contribution in [2.45, 2.75) is 0 Å². The van der Waals surface area contributed by atoms with E-state index in [-0.39, 0.29) is 0 Å². The molecule has 0 spiro atoms. The van der Waals surface area contributed by atoms with E-state index in [1.807, 2.05) is 78.9 Å². The van der Waals surface area contributed by atoms with Gasteiger partial charge in [-0.1, -0.05) is 66.7 Å². The molecule has 4 heteroatoms. The van der Waals surface area contributed by atoms with Crippen molar-refractivity contribution in [2.75, 3.05) is 0 Å². The van der Waals surface area contributed by atoms with Crippen molar-refractivity contribution in [2.24, 2.45) is 0 Å². The van der Waals surface area contributed by atoms with E-state index in [9.17, 15) is 10.5 Å². The zero-order chi connectivity index (χ0) is 28.2. The Kier molecular flexibility index (Phi) is 5.22. The molecule has 0 saturated heterocycles. The second-order valence-electron chi connectivity index (χ2n) is 10.3. The monoisotopic (exact) mass is 536 g/mol. The van der Waals surface area contributed by atoms with E-state index in [1.165, 1.54) is 0 Å². The topological polar surface area (TPSA) is 73.9 Å². The van der Waals surface area contributed by atoms with Crippen LogP contribution >= 0.6 is 0 Å². The highest BCUT2D eigenvalue weighted by Crippen LogP contribution is 2.43. The number of fused-ring (bicyclic) bond motifs is 6. The number of nitrogens with zero attached hydrogens (tertiary/aromatic N) is 2. The van der Waals surface area contributed by atoms with Crippen molar-refractivity contribution in [3.05, 3.63) is 132 Å². The Labute approximate surface area is 240 Å². The molecule has 0 aliphatic heterocycles. The zero-order valence-corrected chi connectivity index (χ0v) is 22.3. The Balaban J connectivity index is 1.44. The van der Waals surface area contributed by atoms with Crippen molar-refractivity contribution in [1.29, 1.82) is 10.5 Å². The molecule has 0 bridgehead atoms. The van der Waals surface area contributed by atoms with Gasteiger partial charge in [0.05, 0.1) is 17.2 Å². The van der Waals surface area contributed by atoms with Crippen molar-refractivity contribution in [3.63, 3.8) is 0 Å². The molecule has 42 heavy (non-hydrogen) atoms. The predicted octanol–water partition coefficient (Wildman–Crippen LogP) is 10.2. The maximum Gasteiger partial charge on any atom is 0.136 e. The predicted molar refractivity (Wildman–Crippen MR) is 167 cm³/mol. The molecular weight excluding hydrogens is 516 g/mol. The van der Waals surface area contributed by atoms with E-state index >= 15 is 0 Å². The first-order valence-electron chi connectivity index (χ1n) is 13.6. The van der Waals surface area contributed by atoms with Crippen LogP contribution in [0.4, 0.5) is 0 Å². The van der Waals surface area contributed by atoms with E-state index in [1.54, 1.807) is 0 Å². The first kappa shape index (κ1) is 23.8. The van der Waals surface area contributed by atoms with Gasteiger partial charge in [0.25, 0.3) is 0 Å². The molecule has 194 valence electrons. The van der Waals surface area contributed by atoms with Gasteiger partial charge in [-0.3, -0.25) is 0 Å². The fraction of sp³-hybridized carbons (Fsp3) is 0. The van der Waals surface area contributed by atoms with E-state index in [0.717, 1.165) is 77.3 Å². The molecule has 0 radical (unpaired) electrons. The minimum atomic E-state index is 0.570. The fourth-order valence-electron chi connectivity index (χ4n) is 6.00. The fourth-order valence-corrected chi connectivity index (χ4v) is 6.00. The summed E-state index contributed by atoms with van der Waals surface area (Å²) in [5.74, 6) is 0. The van der Waals surface area contributed by atoms with E-state index < -0.39 is 0 Å². The normalized spacial score (nSPS) is 11.3. The highest BCUT2D eigenvalue weighted by Gasteiger charge is 2.20. The van der Waals surface area contributed by atoms with Gasteiger partial charge in [-0.25, -0.2) is 0 Å². The number of para-hydroxylation sites is 2. The molecule has 0 fully saturated rings. The van der Waals surface area contributed by atoms with Gasteiger partial charge in [0.1, 0.15) is 28.4 Å². The molecule has 8 rings (SSSR count). The smallest absolute Gasteiger partial charge is 0.136 e. The van der Waals surface area contributed by atoms with Crippen molar-refractivity contribution >= 4 is 43.9 Å². The maximum atomic E-state index is 10.7. The van der Waals surface area contributed by atoms with Crippen LogP contribution in [0.3, 0.4) is 0 Å². The van der Waals surface area contributed by atoms with Gasteiger partial charge < -0.3 is 8.83 Å². The molecule has 4 nitrogen and oxygen atoms in total. The molecule has 2 heterocycles. The van der Waals surface area contributed by atoms with Crippen LogP contribution in [0, 0.1) is 22.7 Å². The Hall–Kier alpha value is -6.10. The Morgan fingerprint density at radius 2 is 1.07 bits per heavy atom. The molecule has 0 saturated carbocycles. The van der Waals surface area contributed by atoms with Crippen LogP contribution in [0.1, 0.15) is 11.1 Å². The molecule has 0 unspecified atom stereocenters. The average Bonchev–Trinajstić information content (AvgIpc) is 3.62. The van der Waals surface area contributed by atoms with Crippen LogP contribution in [0.15, 0.2) is 130 Å². The first-order chi connectivity index (χ1) is 20.7. The average molecular weight is 537 g/mol. The summed E-state index contributed by atoms with van der Waals surface area (Å²) in [6.07, 6.45) is 0. The molecule has 6 aromatic carbocycles. The minimum absolute atomic E-state index is 0.570. The maximum absolute atomic E-state index is 10.7. The molecule has 0 aliphatic rings. The number of nitriles is 2. The molecule has 0 atom stereocenters.